The number of imidazole rings is 1. The fraction of sp³-hybridized carbons (Fsp3) is 0.421. The van der Waals surface area contributed by atoms with E-state index in [2.05, 4.69) is 16.0 Å². The second kappa shape index (κ2) is 13.1. The van der Waals surface area contributed by atoms with E-state index in [-0.39, 0.29) is 29.3 Å². The lowest BCUT2D eigenvalue weighted by Crippen LogP contribution is -2.61. The number of carbonyl (C=O) groups is 3. The summed E-state index contributed by atoms with van der Waals surface area (Å²) in [6.07, 6.45) is 8.81. The summed E-state index contributed by atoms with van der Waals surface area (Å²) in [5, 5.41) is 8.13. The zero-order valence-electron chi connectivity index (χ0n) is 27.6. The van der Waals surface area contributed by atoms with E-state index in [4.69, 9.17) is 14.5 Å². The van der Waals surface area contributed by atoms with Crippen molar-refractivity contribution in [1.29, 1.82) is 0 Å². The number of nitrogens with zero attached hydrogens (tertiary/aromatic N) is 2. The van der Waals surface area contributed by atoms with Gasteiger partial charge in [-0.05, 0) is 117 Å². The number of imide groups is 1. The van der Waals surface area contributed by atoms with E-state index in [1.807, 2.05) is 78.3 Å². The molecule has 0 spiro atoms. The molecule has 1 unspecified atom stereocenters. The average Bonchev–Trinajstić information content (AvgIpc) is 3.56. The first-order valence-electron chi connectivity index (χ1n) is 17.3. The molecule has 0 radical (unpaired) electrons. The third-order valence-corrected chi connectivity index (χ3v) is 11.7. The second-order valence-corrected chi connectivity index (χ2v) is 15.5. The summed E-state index contributed by atoms with van der Waals surface area (Å²) >= 11 is 1.03. The van der Waals surface area contributed by atoms with Crippen molar-refractivity contribution in [3.8, 4) is 17.2 Å². The standard InChI is InChI=1S/C38H41N5O5S/c1-43-32-18-30(10-11-31(32)40-34(43)22-47-28-6-4-24(5-7-28)17-33-35(44)41-37(46)49-33)48-29-8-2-23(3-9-29)12-13-39-36(45)42-38-19-25-14-26(20-38)16-27(15-25)21-38/h2-11,18,25-27,33H,12-17,19-22H2,1H3,(H2,39,42,45)(H,41,44,46). The molecule has 3 N–H and O–H groups in total. The zero-order chi connectivity index (χ0) is 33.5. The number of nitrogens with one attached hydrogen (secondary N) is 3. The molecule has 4 bridgehead atoms. The summed E-state index contributed by atoms with van der Waals surface area (Å²) in [7, 11) is 1.96. The third-order valence-electron chi connectivity index (χ3n) is 10.7. The van der Waals surface area contributed by atoms with Gasteiger partial charge < -0.3 is 24.7 Å². The number of urea groups is 1. The summed E-state index contributed by atoms with van der Waals surface area (Å²) in [6, 6.07) is 21.4. The SMILES string of the molecule is Cn1c(COc2ccc(CC3SC(=O)NC3=O)cc2)nc2ccc(Oc3ccc(CCNC(=O)NC45CC6CC(CC(C6)C4)C5)cc3)cc21. The first-order chi connectivity index (χ1) is 23.8. The largest absolute Gasteiger partial charge is 0.486 e. The molecule has 1 aliphatic heterocycles. The van der Waals surface area contributed by atoms with Crippen molar-refractivity contribution in [2.24, 2.45) is 24.8 Å². The number of thioether (sulfide) groups is 1. The van der Waals surface area contributed by atoms with Gasteiger partial charge in [0.15, 0.2) is 0 Å². The molecule has 5 fully saturated rings. The predicted octanol–water partition coefficient (Wildman–Crippen LogP) is 6.65. The van der Waals surface area contributed by atoms with Crippen LogP contribution in [0.1, 0.15) is 55.5 Å². The molecule has 4 amide bonds. The number of amides is 4. The van der Waals surface area contributed by atoms with E-state index in [0.717, 1.165) is 88.9 Å². The Morgan fingerprint density at radius 1 is 0.918 bits per heavy atom. The molecule has 4 aliphatic carbocycles. The van der Waals surface area contributed by atoms with Crippen LogP contribution in [-0.4, -0.2) is 44.1 Å². The molecule has 49 heavy (non-hydrogen) atoms. The first-order valence-corrected chi connectivity index (χ1v) is 18.2. The molecule has 254 valence electrons. The number of aromatic nitrogens is 2. The van der Waals surface area contributed by atoms with Crippen molar-refractivity contribution in [2.45, 2.75) is 68.8 Å². The number of ether oxygens (including phenoxy) is 2. The Balaban J connectivity index is 0.813. The Morgan fingerprint density at radius 3 is 2.24 bits per heavy atom. The normalized spacial score (nSPS) is 25.4. The maximum Gasteiger partial charge on any atom is 0.315 e. The van der Waals surface area contributed by atoms with E-state index < -0.39 is 5.25 Å². The van der Waals surface area contributed by atoms with Crippen LogP contribution in [-0.2, 0) is 31.3 Å². The van der Waals surface area contributed by atoms with Crippen LogP contribution in [0.15, 0.2) is 66.7 Å². The molecule has 2 heterocycles. The van der Waals surface area contributed by atoms with Gasteiger partial charge in [-0.1, -0.05) is 36.0 Å². The number of hydrogen-bond acceptors (Lipinski definition) is 7. The molecular formula is C38H41N5O5S. The van der Waals surface area contributed by atoms with Gasteiger partial charge in [0.1, 0.15) is 29.7 Å². The first kappa shape index (κ1) is 31.7. The van der Waals surface area contributed by atoms with Gasteiger partial charge in [0.05, 0.1) is 16.3 Å². The van der Waals surface area contributed by atoms with Crippen molar-refractivity contribution >= 4 is 40.0 Å². The summed E-state index contributed by atoms with van der Waals surface area (Å²) < 4.78 is 14.2. The minimum atomic E-state index is -0.392. The Morgan fingerprint density at radius 2 is 1.57 bits per heavy atom. The lowest BCUT2D eigenvalue weighted by molar-refractivity contribution is -0.118. The highest BCUT2D eigenvalue weighted by atomic mass is 32.2. The van der Waals surface area contributed by atoms with E-state index in [1.54, 1.807) is 0 Å². The van der Waals surface area contributed by atoms with Crippen LogP contribution in [0.3, 0.4) is 0 Å². The molecule has 5 aliphatic rings. The molecule has 11 heteroatoms. The topological polar surface area (TPSA) is 124 Å². The lowest BCUT2D eigenvalue weighted by atomic mass is 9.53. The summed E-state index contributed by atoms with van der Waals surface area (Å²) in [5.41, 5.74) is 3.91. The van der Waals surface area contributed by atoms with Gasteiger partial charge in [-0.2, -0.15) is 0 Å². The number of hydrogen-bond donors (Lipinski definition) is 3. The van der Waals surface area contributed by atoms with Crippen LogP contribution >= 0.6 is 11.8 Å². The van der Waals surface area contributed by atoms with Crippen molar-refractivity contribution in [2.75, 3.05) is 6.54 Å². The van der Waals surface area contributed by atoms with Gasteiger partial charge in [0.25, 0.3) is 5.24 Å². The number of benzene rings is 3. The van der Waals surface area contributed by atoms with Crippen LogP contribution in [0.2, 0.25) is 0 Å². The van der Waals surface area contributed by atoms with E-state index in [0.29, 0.717) is 24.5 Å². The molecule has 3 aromatic carbocycles. The third kappa shape index (κ3) is 6.99. The molecule has 4 saturated carbocycles. The fourth-order valence-corrected chi connectivity index (χ4v) is 9.61. The predicted molar refractivity (Wildman–Crippen MR) is 188 cm³/mol. The lowest BCUT2D eigenvalue weighted by Gasteiger charge is -2.56. The van der Waals surface area contributed by atoms with Gasteiger partial charge in [0, 0.05) is 25.2 Å². The molecule has 1 aromatic heterocycles. The maximum absolute atomic E-state index is 12.8. The second-order valence-electron chi connectivity index (χ2n) is 14.3. The van der Waals surface area contributed by atoms with Crippen LogP contribution in [0.5, 0.6) is 17.2 Å². The van der Waals surface area contributed by atoms with Crippen LogP contribution in [0.4, 0.5) is 9.59 Å². The molecule has 1 atom stereocenters. The number of rotatable bonds is 11. The highest BCUT2D eigenvalue weighted by Gasteiger charge is 2.51. The van der Waals surface area contributed by atoms with Crippen molar-refractivity contribution in [1.82, 2.24) is 25.5 Å². The minimum Gasteiger partial charge on any atom is -0.486 e. The Kier molecular flexibility index (Phi) is 8.47. The number of fused-ring (bicyclic) bond motifs is 1. The quantitative estimate of drug-likeness (QED) is 0.162. The van der Waals surface area contributed by atoms with Gasteiger partial charge in [-0.25, -0.2) is 9.78 Å². The smallest absolute Gasteiger partial charge is 0.315 e. The van der Waals surface area contributed by atoms with Crippen LogP contribution < -0.4 is 25.4 Å². The average molecular weight is 680 g/mol. The van der Waals surface area contributed by atoms with Crippen molar-refractivity contribution < 1.29 is 23.9 Å². The summed E-state index contributed by atoms with van der Waals surface area (Å²) in [5.74, 6) is 5.11. The fourth-order valence-electron chi connectivity index (χ4n) is 8.75. The van der Waals surface area contributed by atoms with Gasteiger partial charge in [0.2, 0.25) is 5.91 Å². The number of carbonyl (C=O) groups excluding carboxylic acids is 3. The maximum atomic E-state index is 12.8. The van der Waals surface area contributed by atoms with Gasteiger partial charge >= 0.3 is 6.03 Å². The summed E-state index contributed by atoms with van der Waals surface area (Å²) in [6.45, 7) is 0.881. The Bertz CT molecular complexity index is 1850. The Labute approximate surface area is 289 Å². The minimum absolute atomic E-state index is 0.0248. The van der Waals surface area contributed by atoms with E-state index in [1.165, 1.54) is 19.3 Å². The number of aryl methyl sites for hydroxylation is 1. The summed E-state index contributed by atoms with van der Waals surface area (Å²) in [4.78, 5) is 40.8. The molecule has 1 saturated heterocycles. The highest BCUT2D eigenvalue weighted by molar-refractivity contribution is 8.15. The monoisotopic (exact) mass is 679 g/mol. The van der Waals surface area contributed by atoms with Gasteiger partial charge in [-0.3, -0.25) is 14.9 Å². The van der Waals surface area contributed by atoms with E-state index >= 15 is 0 Å². The molecule has 9 rings (SSSR count). The van der Waals surface area contributed by atoms with Gasteiger partial charge in [-0.15, -0.1) is 0 Å². The van der Waals surface area contributed by atoms with Crippen molar-refractivity contribution in [3.63, 3.8) is 0 Å². The molecule has 4 aromatic rings. The van der Waals surface area contributed by atoms with Crippen LogP contribution in [0.25, 0.3) is 11.0 Å². The van der Waals surface area contributed by atoms with E-state index in [9.17, 15) is 14.4 Å². The van der Waals surface area contributed by atoms with Crippen molar-refractivity contribution in [3.05, 3.63) is 83.7 Å². The molecular weight excluding hydrogens is 639 g/mol. The molecule has 10 nitrogen and oxygen atoms in total. The zero-order valence-corrected chi connectivity index (χ0v) is 28.4. The highest BCUT2D eigenvalue weighted by Crippen LogP contribution is 2.55. The van der Waals surface area contributed by atoms with Crippen LogP contribution in [0, 0.1) is 17.8 Å². The Hall–Kier alpha value is -4.51.